The molecule has 1 unspecified atom stereocenters. The highest BCUT2D eigenvalue weighted by molar-refractivity contribution is 5.79. The molecule has 1 amide bonds. The average molecular weight is 184 g/mol. The van der Waals surface area contributed by atoms with Crippen molar-refractivity contribution in [1.82, 2.24) is 15.5 Å². The fraction of sp³-hybridized carbons (Fsp3) is 0.571. The van der Waals surface area contributed by atoms with Gasteiger partial charge in [0.15, 0.2) is 5.82 Å². The molecular weight excluding hydrogens is 172 g/mol. The first kappa shape index (κ1) is 9.66. The molecule has 0 aliphatic heterocycles. The van der Waals surface area contributed by atoms with Crippen LogP contribution in [0.4, 0.5) is 0 Å². The highest BCUT2D eigenvalue weighted by atomic mass is 16.5. The number of aromatic nitrogens is 2. The van der Waals surface area contributed by atoms with Gasteiger partial charge < -0.3 is 15.6 Å². The monoisotopic (exact) mass is 184 g/mol. The third-order valence-corrected chi connectivity index (χ3v) is 1.63. The summed E-state index contributed by atoms with van der Waals surface area (Å²) in [5.74, 6) is 0.247. The quantitative estimate of drug-likeness (QED) is 0.617. The van der Waals surface area contributed by atoms with Gasteiger partial charge >= 0.3 is 0 Å². The van der Waals surface area contributed by atoms with Crippen molar-refractivity contribution >= 4 is 5.91 Å². The molecule has 1 aromatic heterocycles. The minimum atomic E-state index is -0.367. The summed E-state index contributed by atoms with van der Waals surface area (Å²) < 4.78 is 4.54. The summed E-state index contributed by atoms with van der Waals surface area (Å²) in [6.07, 6.45) is 1.89. The fourth-order valence-electron chi connectivity index (χ4n) is 0.804. The molecule has 6 nitrogen and oxygen atoms in total. The lowest BCUT2D eigenvalue weighted by molar-refractivity contribution is -0.119. The van der Waals surface area contributed by atoms with E-state index in [1.165, 1.54) is 6.39 Å². The van der Waals surface area contributed by atoms with Crippen molar-refractivity contribution in [3.05, 3.63) is 12.2 Å². The maximum absolute atomic E-state index is 10.6. The number of nitrogens with one attached hydrogen (secondary N) is 1. The number of primary amides is 1. The molecule has 0 bridgehead atoms. The summed E-state index contributed by atoms with van der Waals surface area (Å²) >= 11 is 0. The van der Waals surface area contributed by atoms with Gasteiger partial charge in [0.25, 0.3) is 0 Å². The van der Waals surface area contributed by atoms with Crippen LogP contribution in [0.25, 0.3) is 0 Å². The second-order valence-corrected chi connectivity index (χ2v) is 2.68. The van der Waals surface area contributed by atoms with Crippen molar-refractivity contribution in [3.8, 4) is 0 Å². The number of hydrogen-bond acceptors (Lipinski definition) is 5. The molecule has 0 saturated heterocycles. The maximum Gasteiger partial charge on any atom is 0.234 e. The molecule has 1 rings (SSSR count). The van der Waals surface area contributed by atoms with Crippen molar-refractivity contribution in [2.24, 2.45) is 5.73 Å². The van der Waals surface area contributed by atoms with Gasteiger partial charge in [-0.3, -0.25) is 4.79 Å². The summed E-state index contributed by atoms with van der Waals surface area (Å²) in [5.41, 5.74) is 5.04. The Hall–Kier alpha value is -1.43. The number of nitrogens with zero attached hydrogens (tertiary/aromatic N) is 2. The average Bonchev–Trinajstić information content (AvgIpc) is 2.56. The number of hydrogen-bond donors (Lipinski definition) is 2. The number of rotatable bonds is 5. The molecule has 1 heterocycles. The molecule has 0 radical (unpaired) electrons. The van der Waals surface area contributed by atoms with Crippen LogP contribution in [0.5, 0.6) is 0 Å². The second-order valence-electron chi connectivity index (χ2n) is 2.68. The van der Waals surface area contributed by atoms with E-state index in [0.717, 1.165) is 0 Å². The van der Waals surface area contributed by atoms with E-state index in [0.29, 0.717) is 18.8 Å². The first-order chi connectivity index (χ1) is 6.20. The van der Waals surface area contributed by atoms with Crippen LogP contribution in [0.15, 0.2) is 10.9 Å². The smallest absolute Gasteiger partial charge is 0.234 e. The van der Waals surface area contributed by atoms with E-state index in [4.69, 9.17) is 5.73 Å². The van der Waals surface area contributed by atoms with E-state index < -0.39 is 0 Å². The molecule has 6 heteroatoms. The Labute approximate surface area is 75.5 Å². The van der Waals surface area contributed by atoms with E-state index in [1.54, 1.807) is 6.92 Å². The molecule has 0 aromatic carbocycles. The van der Waals surface area contributed by atoms with Crippen LogP contribution < -0.4 is 11.1 Å². The summed E-state index contributed by atoms with van der Waals surface area (Å²) in [6, 6.07) is -0.327. The van der Waals surface area contributed by atoms with Crippen molar-refractivity contribution < 1.29 is 9.32 Å². The van der Waals surface area contributed by atoms with Gasteiger partial charge in [0.1, 0.15) is 0 Å². The van der Waals surface area contributed by atoms with Gasteiger partial charge in [0, 0.05) is 13.0 Å². The Morgan fingerprint density at radius 3 is 3.15 bits per heavy atom. The zero-order chi connectivity index (χ0) is 9.68. The normalized spacial score (nSPS) is 12.7. The van der Waals surface area contributed by atoms with Crippen molar-refractivity contribution in [1.29, 1.82) is 0 Å². The fourth-order valence-corrected chi connectivity index (χ4v) is 0.804. The van der Waals surface area contributed by atoms with Gasteiger partial charge in [-0.2, -0.15) is 4.98 Å². The van der Waals surface area contributed by atoms with Crippen LogP contribution in [0.2, 0.25) is 0 Å². The number of carbonyl (C=O) groups excluding carboxylic acids is 1. The number of carbonyl (C=O) groups is 1. The third kappa shape index (κ3) is 3.20. The largest absolute Gasteiger partial charge is 0.368 e. The SMILES string of the molecule is CC(NCCc1ncon1)C(N)=O. The van der Waals surface area contributed by atoms with Crippen molar-refractivity contribution in [3.63, 3.8) is 0 Å². The van der Waals surface area contributed by atoms with Gasteiger partial charge in [0.05, 0.1) is 6.04 Å². The Morgan fingerprint density at radius 2 is 2.62 bits per heavy atom. The summed E-state index contributed by atoms with van der Waals surface area (Å²) in [7, 11) is 0. The first-order valence-electron chi connectivity index (χ1n) is 3.98. The van der Waals surface area contributed by atoms with Gasteiger partial charge in [-0.25, -0.2) is 0 Å². The topological polar surface area (TPSA) is 94.0 Å². The Morgan fingerprint density at radius 1 is 1.85 bits per heavy atom. The summed E-state index contributed by atoms with van der Waals surface area (Å²) in [4.78, 5) is 14.4. The highest BCUT2D eigenvalue weighted by Gasteiger charge is 2.07. The summed E-state index contributed by atoms with van der Waals surface area (Å²) in [6.45, 7) is 2.31. The first-order valence-corrected chi connectivity index (χ1v) is 3.98. The van der Waals surface area contributed by atoms with Gasteiger partial charge in [-0.15, -0.1) is 0 Å². The van der Waals surface area contributed by atoms with E-state index >= 15 is 0 Å². The molecule has 3 N–H and O–H groups in total. The molecule has 1 aromatic rings. The van der Waals surface area contributed by atoms with Gasteiger partial charge in [-0.05, 0) is 6.92 Å². The van der Waals surface area contributed by atoms with E-state index in [-0.39, 0.29) is 11.9 Å². The summed E-state index contributed by atoms with van der Waals surface area (Å²) in [5, 5.41) is 6.54. The predicted molar refractivity (Wildman–Crippen MR) is 44.7 cm³/mol. The lowest BCUT2D eigenvalue weighted by Crippen LogP contribution is -2.39. The van der Waals surface area contributed by atoms with Crippen LogP contribution in [0.3, 0.4) is 0 Å². The molecule has 0 fully saturated rings. The van der Waals surface area contributed by atoms with Crippen LogP contribution in [0.1, 0.15) is 12.7 Å². The van der Waals surface area contributed by atoms with Crippen LogP contribution in [-0.2, 0) is 11.2 Å². The Kier molecular flexibility index (Phi) is 3.39. The molecule has 1 atom stereocenters. The minimum absolute atomic E-state index is 0.327. The van der Waals surface area contributed by atoms with Crippen LogP contribution in [-0.4, -0.2) is 28.6 Å². The van der Waals surface area contributed by atoms with Crippen molar-refractivity contribution in [2.75, 3.05) is 6.54 Å². The lowest BCUT2D eigenvalue weighted by atomic mass is 10.3. The molecule has 0 spiro atoms. The molecule has 0 aliphatic rings. The zero-order valence-corrected chi connectivity index (χ0v) is 7.36. The van der Waals surface area contributed by atoms with Crippen LogP contribution >= 0.6 is 0 Å². The molecule has 72 valence electrons. The number of amides is 1. The predicted octanol–water partition coefficient (Wildman–Crippen LogP) is -0.924. The molecule has 0 saturated carbocycles. The highest BCUT2D eigenvalue weighted by Crippen LogP contribution is 1.88. The van der Waals surface area contributed by atoms with E-state index in [9.17, 15) is 4.79 Å². The molecular formula is C7H12N4O2. The molecule has 0 aliphatic carbocycles. The third-order valence-electron chi connectivity index (χ3n) is 1.63. The lowest BCUT2D eigenvalue weighted by Gasteiger charge is -2.07. The maximum atomic E-state index is 10.6. The number of nitrogens with two attached hydrogens (primary N) is 1. The standard InChI is InChI=1S/C7H12N4O2/c1-5(7(8)12)9-3-2-6-10-4-13-11-6/h4-5,9H,2-3H2,1H3,(H2,8,12). The van der Waals surface area contributed by atoms with E-state index in [2.05, 4.69) is 20.0 Å². The Bertz CT molecular complexity index is 259. The minimum Gasteiger partial charge on any atom is -0.368 e. The molecule has 13 heavy (non-hydrogen) atoms. The zero-order valence-electron chi connectivity index (χ0n) is 7.36. The van der Waals surface area contributed by atoms with Crippen molar-refractivity contribution in [2.45, 2.75) is 19.4 Å². The van der Waals surface area contributed by atoms with Crippen LogP contribution in [0, 0.1) is 0 Å². The Balaban J connectivity index is 2.18. The van der Waals surface area contributed by atoms with Gasteiger partial charge in [0.2, 0.25) is 12.3 Å². The van der Waals surface area contributed by atoms with E-state index in [1.807, 2.05) is 0 Å². The second kappa shape index (κ2) is 4.56. The van der Waals surface area contributed by atoms with Gasteiger partial charge in [-0.1, -0.05) is 5.16 Å².